The van der Waals surface area contributed by atoms with Gasteiger partial charge in [0.15, 0.2) is 11.5 Å². The van der Waals surface area contributed by atoms with Crippen LogP contribution in [0.3, 0.4) is 0 Å². The van der Waals surface area contributed by atoms with Crippen molar-refractivity contribution in [2.24, 2.45) is 11.7 Å². The highest BCUT2D eigenvalue weighted by Gasteiger charge is 2.28. The number of amides is 1. The van der Waals surface area contributed by atoms with Crippen LogP contribution in [-0.2, 0) is 0 Å². The smallest absolute Gasteiger partial charge is 0.251 e. The molecular weight excluding hydrogens is 339 g/mol. The zero-order valence-corrected chi connectivity index (χ0v) is 15.0. The minimum absolute atomic E-state index is 0. The fraction of sp³-hybridized carbons (Fsp3) is 0.562. The average Bonchev–Trinajstić information content (AvgIpc) is 3.35. The van der Waals surface area contributed by atoms with Crippen molar-refractivity contribution < 1.29 is 14.3 Å². The molecule has 5 nitrogen and oxygen atoms in total. The summed E-state index contributed by atoms with van der Waals surface area (Å²) >= 11 is 6.21. The van der Waals surface area contributed by atoms with Crippen LogP contribution in [0.1, 0.15) is 36.5 Å². The standard InChI is InChI=1S/C16H23ClN2O3.ClH/c1-3-6-22-15-12(17)7-11(8-14(15)21-2)16(20)19-9-13(18)10-4-5-10;/h7-8,10,13H,3-6,9,18H2,1-2H3,(H,19,20);1H. The molecule has 0 aromatic heterocycles. The van der Waals surface area contributed by atoms with Gasteiger partial charge in [0.1, 0.15) is 0 Å². The molecule has 0 radical (unpaired) electrons. The van der Waals surface area contributed by atoms with Gasteiger partial charge in [0.2, 0.25) is 0 Å². The molecule has 3 N–H and O–H groups in total. The minimum atomic E-state index is -0.210. The molecule has 1 aliphatic rings. The van der Waals surface area contributed by atoms with Crippen molar-refractivity contribution in [3.8, 4) is 11.5 Å². The second-order valence-corrected chi connectivity index (χ2v) is 5.96. The molecule has 0 aliphatic heterocycles. The van der Waals surface area contributed by atoms with Crippen LogP contribution >= 0.6 is 24.0 Å². The molecule has 1 fully saturated rings. The van der Waals surface area contributed by atoms with Crippen LogP contribution in [0.25, 0.3) is 0 Å². The number of benzene rings is 1. The first kappa shape index (κ1) is 19.9. The van der Waals surface area contributed by atoms with Crippen LogP contribution in [-0.4, -0.2) is 32.2 Å². The van der Waals surface area contributed by atoms with Crippen molar-refractivity contribution in [2.75, 3.05) is 20.3 Å². The highest BCUT2D eigenvalue weighted by molar-refractivity contribution is 6.32. The molecule has 0 heterocycles. The highest BCUT2D eigenvalue weighted by Crippen LogP contribution is 2.36. The van der Waals surface area contributed by atoms with Crippen molar-refractivity contribution in [1.29, 1.82) is 0 Å². The van der Waals surface area contributed by atoms with Gasteiger partial charge in [0.05, 0.1) is 18.7 Å². The molecule has 0 saturated heterocycles. The van der Waals surface area contributed by atoms with Gasteiger partial charge in [-0.3, -0.25) is 4.79 Å². The molecule has 7 heteroatoms. The molecule has 1 aliphatic carbocycles. The topological polar surface area (TPSA) is 73.6 Å². The Morgan fingerprint density at radius 3 is 2.74 bits per heavy atom. The largest absolute Gasteiger partial charge is 0.493 e. The third-order valence-corrected chi connectivity index (χ3v) is 3.95. The van der Waals surface area contributed by atoms with Crippen molar-refractivity contribution in [3.63, 3.8) is 0 Å². The Hall–Kier alpha value is -1.17. The fourth-order valence-corrected chi connectivity index (χ4v) is 2.46. The number of carbonyl (C=O) groups excluding carboxylic acids is 1. The van der Waals surface area contributed by atoms with Crippen LogP contribution in [0.15, 0.2) is 12.1 Å². The monoisotopic (exact) mass is 362 g/mol. The van der Waals surface area contributed by atoms with Gasteiger partial charge >= 0.3 is 0 Å². The lowest BCUT2D eigenvalue weighted by atomic mass is 10.1. The molecular formula is C16H24Cl2N2O3. The van der Waals surface area contributed by atoms with Gasteiger partial charge in [-0.25, -0.2) is 0 Å². The second kappa shape index (κ2) is 9.21. The van der Waals surface area contributed by atoms with Crippen molar-refractivity contribution in [1.82, 2.24) is 5.32 Å². The summed E-state index contributed by atoms with van der Waals surface area (Å²) in [5.41, 5.74) is 6.42. The van der Waals surface area contributed by atoms with E-state index >= 15 is 0 Å². The number of halogens is 2. The summed E-state index contributed by atoms with van der Waals surface area (Å²) in [5, 5.41) is 3.21. The number of hydrogen-bond acceptors (Lipinski definition) is 4. The molecule has 130 valence electrons. The van der Waals surface area contributed by atoms with E-state index in [2.05, 4.69) is 5.32 Å². The van der Waals surface area contributed by atoms with Gasteiger partial charge < -0.3 is 20.5 Å². The third-order valence-electron chi connectivity index (χ3n) is 3.67. The Labute approximate surface area is 148 Å². The average molecular weight is 363 g/mol. The number of hydrogen-bond donors (Lipinski definition) is 2. The van der Waals surface area contributed by atoms with E-state index in [1.54, 1.807) is 12.1 Å². The predicted molar refractivity (Wildman–Crippen MR) is 94.1 cm³/mol. The van der Waals surface area contributed by atoms with Gasteiger partial charge in [0.25, 0.3) is 5.91 Å². The third kappa shape index (κ3) is 5.44. The number of nitrogens with one attached hydrogen (secondary N) is 1. The van der Waals surface area contributed by atoms with E-state index < -0.39 is 0 Å². The maximum Gasteiger partial charge on any atom is 0.251 e. The Kier molecular flexibility index (Phi) is 7.95. The molecule has 0 bridgehead atoms. The van der Waals surface area contributed by atoms with E-state index in [0.29, 0.717) is 41.2 Å². The molecule has 1 saturated carbocycles. The molecule has 1 amide bonds. The SMILES string of the molecule is CCCOc1c(Cl)cc(C(=O)NCC(N)C2CC2)cc1OC.Cl. The van der Waals surface area contributed by atoms with Gasteiger partial charge in [-0.15, -0.1) is 12.4 Å². The zero-order valence-electron chi connectivity index (χ0n) is 13.4. The number of methoxy groups -OCH3 is 1. The normalized spacial score (nSPS) is 14.6. The number of carbonyl (C=O) groups is 1. The molecule has 0 spiro atoms. The van der Waals surface area contributed by atoms with Crippen molar-refractivity contribution in [3.05, 3.63) is 22.7 Å². The van der Waals surface area contributed by atoms with E-state index in [1.807, 2.05) is 6.92 Å². The maximum atomic E-state index is 12.2. The minimum Gasteiger partial charge on any atom is -0.493 e. The summed E-state index contributed by atoms with van der Waals surface area (Å²) < 4.78 is 10.8. The van der Waals surface area contributed by atoms with E-state index in [9.17, 15) is 4.79 Å². The Morgan fingerprint density at radius 1 is 1.48 bits per heavy atom. The van der Waals surface area contributed by atoms with Crippen LogP contribution in [0.4, 0.5) is 0 Å². The number of ether oxygens (including phenoxy) is 2. The van der Waals surface area contributed by atoms with Crippen LogP contribution in [0.2, 0.25) is 5.02 Å². The quantitative estimate of drug-likeness (QED) is 0.745. The highest BCUT2D eigenvalue weighted by atomic mass is 35.5. The Balaban J connectivity index is 0.00000264. The molecule has 1 atom stereocenters. The summed E-state index contributed by atoms with van der Waals surface area (Å²) in [6.45, 7) is 3.01. The molecule has 1 aromatic carbocycles. The van der Waals surface area contributed by atoms with E-state index in [4.69, 9.17) is 26.8 Å². The molecule has 1 aromatic rings. The Morgan fingerprint density at radius 2 is 2.17 bits per heavy atom. The van der Waals surface area contributed by atoms with E-state index in [1.165, 1.54) is 7.11 Å². The van der Waals surface area contributed by atoms with Crippen molar-refractivity contribution in [2.45, 2.75) is 32.2 Å². The van der Waals surface area contributed by atoms with Crippen molar-refractivity contribution >= 4 is 29.9 Å². The van der Waals surface area contributed by atoms with Gasteiger partial charge in [0, 0.05) is 18.2 Å². The molecule has 2 rings (SSSR count). The molecule has 23 heavy (non-hydrogen) atoms. The predicted octanol–water partition coefficient (Wildman–Crippen LogP) is 3.03. The van der Waals surface area contributed by atoms with E-state index in [-0.39, 0.29) is 24.4 Å². The van der Waals surface area contributed by atoms with Crippen LogP contribution < -0.4 is 20.5 Å². The lowest BCUT2D eigenvalue weighted by Crippen LogP contribution is -2.38. The molecule has 1 unspecified atom stereocenters. The lowest BCUT2D eigenvalue weighted by molar-refractivity contribution is 0.0950. The van der Waals surface area contributed by atoms with Gasteiger partial charge in [-0.2, -0.15) is 0 Å². The summed E-state index contributed by atoms with van der Waals surface area (Å²) in [6, 6.07) is 3.25. The van der Waals surface area contributed by atoms with Crippen LogP contribution in [0.5, 0.6) is 11.5 Å². The first-order valence-corrected chi connectivity index (χ1v) is 7.98. The number of rotatable bonds is 8. The first-order valence-electron chi connectivity index (χ1n) is 7.61. The second-order valence-electron chi connectivity index (χ2n) is 5.55. The lowest BCUT2D eigenvalue weighted by Gasteiger charge is -2.15. The first-order chi connectivity index (χ1) is 10.6. The number of nitrogens with two attached hydrogens (primary N) is 1. The van der Waals surface area contributed by atoms with Gasteiger partial charge in [-0.05, 0) is 37.3 Å². The maximum absolute atomic E-state index is 12.2. The van der Waals surface area contributed by atoms with Crippen LogP contribution in [0, 0.1) is 5.92 Å². The summed E-state index contributed by atoms with van der Waals surface area (Å²) in [6.07, 6.45) is 3.17. The Bertz CT molecular complexity index is 536. The summed E-state index contributed by atoms with van der Waals surface area (Å²) in [7, 11) is 1.52. The zero-order chi connectivity index (χ0) is 16.1. The van der Waals surface area contributed by atoms with E-state index in [0.717, 1.165) is 19.3 Å². The fourth-order valence-electron chi connectivity index (χ4n) is 2.20. The van der Waals surface area contributed by atoms with Gasteiger partial charge in [-0.1, -0.05) is 18.5 Å². The summed E-state index contributed by atoms with van der Waals surface area (Å²) in [5.74, 6) is 1.26. The summed E-state index contributed by atoms with van der Waals surface area (Å²) in [4.78, 5) is 12.2.